The van der Waals surface area contributed by atoms with Crippen molar-refractivity contribution >= 4 is 0 Å². The van der Waals surface area contributed by atoms with Gasteiger partial charge in [-0.05, 0) is 17.7 Å². The summed E-state index contributed by atoms with van der Waals surface area (Å²) in [7, 11) is 1.66. The van der Waals surface area contributed by atoms with Gasteiger partial charge in [-0.3, -0.25) is 0 Å². The Hall–Kier alpha value is -1.10. The highest BCUT2D eigenvalue weighted by Crippen LogP contribution is 2.24. The average molecular weight is 252 g/mol. The molecule has 1 aromatic rings. The molecule has 0 amide bonds. The first kappa shape index (κ1) is 15.0. The van der Waals surface area contributed by atoms with E-state index in [0.29, 0.717) is 6.54 Å². The fraction of sp³-hybridized carbons (Fsp3) is 0.571. The van der Waals surface area contributed by atoms with Gasteiger partial charge in [0.15, 0.2) is 0 Å². The molecule has 0 fully saturated rings. The SMILES string of the molecule is COc1ccc(C(C)(C)CNCC(N)CO)cc1. The predicted molar refractivity (Wildman–Crippen MR) is 74.0 cm³/mol. The van der Waals surface area contributed by atoms with E-state index in [9.17, 15) is 0 Å². The van der Waals surface area contributed by atoms with Gasteiger partial charge in [0.2, 0.25) is 0 Å². The lowest BCUT2D eigenvalue weighted by molar-refractivity contribution is 0.260. The van der Waals surface area contributed by atoms with Crippen LogP contribution < -0.4 is 15.8 Å². The van der Waals surface area contributed by atoms with E-state index in [1.54, 1.807) is 7.11 Å². The summed E-state index contributed by atoms with van der Waals surface area (Å²) >= 11 is 0. The second kappa shape index (κ2) is 6.73. The molecule has 4 N–H and O–H groups in total. The molecule has 0 aliphatic carbocycles. The fourth-order valence-corrected chi connectivity index (χ4v) is 1.78. The van der Waals surface area contributed by atoms with E-state index in [0.717, 1.165) is 12.3 Å². The Morgan fingerprint density at radius 1 is 1.33 bits per heavy atom. The number of nitrogens with one attached hydrogen (secondary N) is 1. The third kappa shape index (κ3) is 4.29. The molecule has 1 unspecified atom stereocenters. The molecule has 18 heavy (non-hydrogen) atoms. The minimum atomic E-state index is -0.198. The lowest BCUT2D eigenvalue weighted by Crippen LogP contribution is -2.41. The Balaban J connectivity index is 2.56. The van der Waals surface area contributed by atoms with E-state index in [1.807, 2.05) is 12.1 Å². The van der Waals surface area contributed by atoms with E-state index in [2.05, 4.69) is 31.3 Å². The minimum Gasteiger partial charge on any atom is -0.497 e. The highest BCUT2D eigenvalue weighted by Gasteiger charge is 2.20. The number of benzene rings is 1. The monoisotopic (exact) mass is 252 g/mol. The highest BCUT2D eigenvalue weighted by molar-refractivity contribution is 5.31. The Labute approximate surface area is 109 Å². The van der Waals surface area contributed by atoms with Gasteiger partial charge in [-0.15, -0.1) is 0 Å². The van der Waals surface area contributed by atoms with Crippen LogP contribution >= 0.6 is 0 Å². The van der Waals surface area contributed by atoms with Gasteiger partial charge in [0, 0.05) is 24.5 Å². The van der Waals surface area contributed by atoms with E-state index < -0.39 is 0 Å². The van der Waals surface area contributed by atoms with Crippen molar-refractivity contribution in [2.75, 3.05) is 26.8 Å². The zero-order chi connectivity index (χ0) is 13.6. The van der Waals surface area contributed by atoms with Crippen molar-refractivity contribution in [1.82, 2.24) is 5.32 Å². The number of methoxy groups -OCH3 is 1. The van der Waals surface area contributed by atoms with Gasteiger partial charge in [-0.2, -0.15) is 0 Å². The topological polar surface area (TPSA) is 67.5 Å². The number of nitrogens with two attached hydrogens (primary N) is 1. The number of aliphatic hydroxyl groups excluding tert-OH is 1. The Bertz CT molecular complexity index is 349. The van der Waals surface area contributed by atoms with Crippen LogP contribution in [0, 0.1) is 0 Å². The van der Waals surface area contributed by atoms with Gasteiger partial charge in [0.25, 0.3) is 0 Å². The van der Waals surface area contributed by atoms with E-state index in [-0.39, 0.29) is 18.1 Å². The van der Waals surface area contributed by atoms with Crippen LogP contribution in [0.2, 0.25) is 0 Å². The second-order valence-corrected chi connectivity index (χ2v) is 5.19. The van der Waals surface area contributed by atoms with E-state index in [4.69, 9.17) is 15.6 Å². The summed E-state index contributed by atoms with van der Waals surface area (Å²) < 4.78 is 5.15. The molecule has 4 nitrogen and oxygen atoms in total. The molecule has 0 aliphatic rings. The number of hydrogen-bond donors (Lipinski definition) is 3. The van der Waals surface area contributed by atoms with E-state index >= 15 is 0 Å². The summed E-state index contributed by atoms with van der Waals surface area (Å²) in [5.74, 6) is 0.866. The third-order valence-corrected chi connectivity index (χ3v) is 3.08. The molecule has 0 spiro atoms. The summed E-state index contributed by atoms with van der Waals surface area (Å²) in [5, 5.41) is 12.1. The maximum atomic E-state index is 8.86. The van der Waals surface area contributed by atoms with Gasteiger partial charge in [0.05, 0.1) is 13.7 Å². The molecule has 0 saturated carbocycles. The Kier molecular flexibility index (Phi) is 5.59. The lowest BCUT2D eigenvalue weighted by Gasteiger charge is -2.26. The van der Waals surface area contributed by atoms with Gasteiger partial charge < -0.3 is 20.9 Å². The van der Waals surface area contributed by atoms with Crippen molar-refractivity contribution in [3.8, 4) is 5.75 Å². The first-order chi connectivity index (χ1) is 8.49. The molecule has 1 atom stereocenters. The summed E-state index contributed by atoms with van der Waals surface area (Å²) in [6, 6.07) is 7.89. The van der Waals surface area contributed by atoms with Crippen LogP contribution in [0.3, 0.4) is 0 Å². The zero-order valence-corrected chi connectivity index (χ0v) is 11.4. The van der Waals surface area contributed by atoms with Gasteiger partial charge in [0.1, 0.15) is 5.75 Å². The van der Waals surface area contributed by atoms with Crippen molar-refractivity contribution in [2.24, 2.45) is 5.73 Å². The summed E-state index contributed by atoms with van der Waals surface area (Å²) in [4.78, 5) is 0. The molecular weight excluding hydrogens is 228 g/mol. The molecule has 0 saturated heterocycles. The summed E-state index contributed by atoms with van der Waals surface area (Å²) in [5.41, 5.74) is 6.91. The van der Waals surface area contributed by atoms with E-state index in [1.165, 1.54) is 5.56 Å². The fourth-order valence-electron chi connectivity index (χ4n) is 1.78. The molecular formula is C14H24N2O2. The van der Waals surface area contributed by atoms with Crippen LogP contribution in [0.1, 0.15) is 19.4 Å². The number of ether oxygens (including phenoxy) is 1. The van der Waals surface area contributed by atoms with Crippen molar-refractivity contribution in [3.05, 3.63) is 29.8 Å². The van der Waals surface area contributed by atoms with Crippen molar-refractivity contribution in [1.29, 1.82) is 0 Å². The van der Waals surface area contributed by atoms with Crippen LogP contribution in [0.5, 0.6) is 5.75 Å². The molecule has 0 aliphatic heterocycles. The second-order valence-electron chi connectivity index (χ2n) is 5.19. The lowest BCUT2D eigenvalue weighted by atomic mass is 9.84. The quantitative estimate of drug-likeness (QED) is 0.674. The predicted octanol–water partition coefficient (Wildman–Crippen LogP) is 0.882. The first-order valence-corrected chi connectivity index (χ1v) is 6.21. The van der Waals surface area contributed by atoms with Crippen molar-refractivity contribution in [2.45, 2.75) is 25.3 Å². The number of hydrogen-bond acceptors (Lipinski definition) is 4. The van der Waals surface area contributed by atoms with Crippen LogP contribution in [0.25, 0.3) is 0 Å². The molecule has 0 radical (unpaired) electrons. The molecule has 1 rings (SSSR count). The van der Waals surface area contributed by atoms with Gasteiger partial charge >= 0.3 is 0 Å². The number of rotatable bonds is 7. The maximum absolute atomic E-state index is 8.86. The minimum absolute atomic E-state index is 0.00989. The molecule has 1 aromatic carbocycles. The molecule has 0 bridgehead atoms. The normalized spacial score (nSPS) is 13.4. The van der Waals surface area contributed by atoms with Crippen molar-refractivity contribution < 1.29 is 9.84 Å². The Morgan fingerprint density at radius 3 is 2.44 bits per heavy atom. The van der Waals surface area contributed by atoms with Crippen LogP contribution in [-0.4, -0.2) is 38.0 Å². The average Bonchev–Trinajstić information content (AvgIpc) is 2.38. The maximum Gasteiger partial charge on any atom is 0.118 e. The molecule has 102 valence electrons. The zero-order valence-electron chi connectivity index (χ0n) is 11.4. The van der Waals surface area contributed by atoms with Gasteiger partial charge in [-0.1, -0.05) is 26.0 Å². The van der Waals surface area contributed by atoms with Crippen LogP contribution in [0.15, 0.2) is 24.3 Å². The highest BCUT2D eigenvalue weighted by atomic mass is 16.5. The first-order valence-electron chi connectivity index (χ1n) is 6.21. The largest absolute Gasteiger partial charge is 0.497 e. The molecule has 0 heterocycles. The molecule has 0 aromatic heterocycles. The smallest absolute Gasteiger partial charge is 0.118 e. The van der Waals surface area contributed by atoms with Crippen LogP contribution in [0.4, 0.5) is 0 Å². The summed E-state index contributed by atoms with van der Waals surface area (Å²) in [6.45, 7) is 5.79. The van der Waals surface area contributed by atoms with Crippen molar-refractivity contribution in [3.63, 3.8) is 0 Å². The summed E-state index contributed by atoms with van der Waals surface area (Å²) in [6.07, 6.45) is 0. The third-order valence-electron chi connectivity index (χ3n) is 3.08. The van der Waals surface area contributed by atoms with Crippen LogP contribution in [-0.2, 0) is 5.41 Å². The Morgan fingerprint density at radius 2 is 1.94 bits per heavy atom. The number of aliphatic hydroxyl groups is 1. The standard InChI is InChI=1S/C14H24N2O2/c1-14(2,10-16-8-12(15)9-17)11-4-6-13(18-3)7-5-11/h4-7,12,16-17H,8-10,15H2,1-3H3. The molecule has 4 heteroatoms. The van der Waals surface area contributed by atoms with Gasteiger partial charge in [-0.25, -0.2) is 0 Å².